The second-order valence-electron chi connectivity index (χ2n) is 6.61. The Morgan fingerprint density at radius 1 is 1.18 bits per heavy atom. The minimum atomic E-state index is -4.82. The van der Waals surface area contributed by atoms with E-state index >= 15 is 0 Å². The van der Waals surface area contributed by atoms with Gasteiger partial charge in [0.05, 0.1) is 21.2 Å². The number of hydrogen-bond acceptors (Lipinski definition) is 7. The number of benzene rings is 2. The van der Waals surface area contributed by atoms with Crippen molar-refractivity contribution >= 4 is 61.4 Å². The molecule has 0 atom stereocenters. The summed E-state index contributed by atoms with van der Waals surface area (Å²) in [6.07, 6.45) is -3.06. The van der Waals surface area contributed by atoms with Crippen molar-refractivity contribution in [2.24, 2.45) is 0 Å². The first-order chi connectivity index (χ1) is 15.4. The summed E-state index contributed by atoms with van der Waals surface area (Å²) in [4.78, 5) is 12.5. The number of rotatable bonds is 7. The molecule has 176 valence electrons. The van der Waals surface area contributed by atoms with Crippen LogP contribution < -0.4 is 9.62 Å². The zero-order chi connectivity index (χ0) is 24.4. The van der Waals surface area contributed by atoms with Crippen molar-refractivity contribution in [2.45, 2.75) is 22.3 Å². The number of nitrogens with zero attached hydrogens (tertiary/aromatic N) is 3. The minimum Gasteiger partial charge on any atom is -0.299 e. The normalized spacial score (nSPS) is 11.9. The number of amides is 1. The third-order valence-electron chi connectivity index (χ3n) is 4.27. The van der Waals surface area contributed by atoms with Crippen LogP contribution >= 0.6 is 34.7 Å². The average Bonchev–Trinajstić information content (AvgIpc) is 3.19. The summed E-state index contributed by atoms with van der Waals surface area (Å²) in [6.45, 7) is 0.949. The lowest BCUT2D eigenvalue weighted by atomic mass is 10.2. The Balaban J connectivity index is 2.03. The predicted molar refractivity (Wildman–Crippen MR) is 122 cm³/mol. The van der Waals surface area contributed by atoms with E-state index in [9.17, 15) is 26.4 Å². The van der Waals surface area contributed by atoms with Crippen LogP contribution in [-0.4, -0.2) is 37.3 Å². The van der Waals surface area contributed by atoms with Gasteiger partial charge in [-0.2, -0.15) is 13.2 Å². The third-order valence-corrected chi connectivity index (χ3v) is 8.20. The fourth-order valence-corrected chi connectivity index (χ4v) is 5.49. The Bertz CT molecular complexity index is 1270. The highest BCUT2D eigenvalue weighted by Gasteiger charge is 2.35. The summed E-state index contributed by atoms with van der Waals surface area (Å²) < 4.78 is 68.0. The van der Waals surface area contributed by atoms with Crippen molar-refractivity contribution in [2.75, 3.05) is 22.4 Å². The average molecular weight is 537 g/mol. The smallest absolute Gasteiger partial charge is 0.299 e. The summed E-state index contributed by atoms with van der Waals surface area (Å²) in [7, 11) is -4.41. The fraction of sp³-hybridized carbons (Fsp3) is 0.211. The van der Waals surface area contributed by atoms with Gasteiger partial charge in [0.15, 0.2) is 4.34 Å². The fourth-order valence-electron chi connectivity index (χ4n) is 2.67. The molecule has 0 aliphatic rings. The van der Waals surface area contributed by atoms with Crippen LogP contribution in [-0.2, 0) is 21.0 Å². The van der Waals surface area contributed by atoms with E-state index in [0.717, 1.165) is 29.0 Å². The van der Waals surface area contributed by atoms with Gasteiger partial charge >= 0.3 is 6.18 Å². The van der Waals surface area contributed by atoms with Gasteiger partial charge in [0.1, 0.15) is 6.54 Å². The van der Waals surface area contributed by atoms with Crippen molar-refractivity contribution in [1.82, 2.24) is 10.2 Å². The molecule has 0 spiro atoms. The molecule has 0 saturated heterocycles. The zero-order valence-electron chi connectivity index (χ0n) is 17.1. The van der Waals surface area contributed by atoms with E-state index in [1.165, 1.54) is 23.9 Å². The minimum absolute atomic E-state index is 0.129. The molecule has 0 aliphatic carbocycles. The molecule has 0 radical (unpaired) electrons. The van der Waals surface area contributed by atoms with Crippen molar-refractivity contribution < 1.29 is 26.4 Å². The molecule has 0 fully saturated rings. The van der Waals surface area contributed by atoms with Gasteiger partial charge in [0.25, 0.3) is 10.0 Å². The number of aromatic nitrogens is 2. The maximum atomic E-state index is 13.4. The molecule has 14 heteroatoms. The number of carbonyl (C=O) groups is 1. The molecule has 0 unspecified atom stereocenters. The molecule has 2 aromatic carbocycles. The van der Waals surface area contributed by atoms with Gasteiger partial charge in [0, 0.05) is 0 Å². The van der Waals surface area contributed by atoms with E-state index < -0.39 is 39.2 Å². The van der Waals surface area contributed by atoms with Gasteiger partial charge in [0.2, 0.25) is 11.0 Å². The third kappa shape index (κ3) is 5.96. The van der Waals surface area contributed by atoms with Crippen LogP contribution in [0.1, 0.15) is 11.1 Å². The Morgan fingerprint density at radius 3 is 2.42 bits per heavy atom. The number of alkyl halides is 3. The molecule has 0 aliphatic heterocycles. The number of sulfonamides is 1. The van der Waals surface area contributed by atoms with Crippen LogP contribution in [0, 0.1) is 6.92 Å². The number of anilines is 2. The molecule has 1 N–H and O–H groups in total. The number of nitrogens with one attached hydrogen (secondary N) is 1. The quantitative estimate of drug-likeness (QED) is 0.334. The van der Waals surface area contributed by atoms with Gasteiger partial charge in [-0.15, -0.1) is 10.2 Å². The van der Waals surface area contributed by atoms with Crippen LogP contribution in [0.2, 0.25) is 5.02 Å². The molecule has 1 aromatic heterocycles. The molecule has 3 aromatic rings. The van der Waals surface area contributed by atoms with Gasteiger partial charge in [-0.1, -0.05) is 52.4 Å². The van der Waals surface area contributed by atoms with E-state index in [-0.39, 0.29) is 15.7 Å². The number of thioether (sulfide) groups is 1. The highest BCUT2D eigenvalue weighted by Crippen LogP contribution is 2.38. The van der Waals surface area contributed by atoms with Crippen molar-refractivity contribution in [3.05, 3.63) is 58.6 Å². The van der Waals surface area contributed by atoms with E-state index in [2.05, 4.69) is 15.5 Å². The summed E-state index contributed by atoms with van der Waals surface area (Å²) >= 11 is 8.06. The van der Waals surface area contributed by atoms with Crippen LogP contribution in [0.15, 0.2) is 51.7 Å². The van der Waals surface area contributed by atoms with Gasteiger partial charge in [-0.3, -0.25) is 14.4 Å². The van der Waals surface area contributed by atoms with Crippen LogP contribution in [0.5, 0.6) is 0 Å². The molecule has 0 saturated carbocycles. The maximum Gasteiger partial charge on any atom is 0.417 e. The van der Waals surface area contributed by atoms with E-state index in [0.29, 0.717) is 14.7 Å². The SMILES string of the molecule is CSc1nnc(NC(=O)CN(c2ccc(Cl)c(C(F)(F)F)c2)S(=O)(=O)c2ccc(C)cc2)s1. The molecule has 33 heavy (non-hydrogen) atoms. The summed E-state index contributed by atoms with van der Waals surface area (Å²) in [6, 6.07) is 8.34. The predicted octanol–water partition coefficient (Wildman–Crippen LogP) is 5.07. The summed E-state index contributed by atoms with van der Waals surface area (Å²) in [5.41, 5.74) is -0.811. The number of aryl methyl sites for hydroxylation is 1. The zero-order valence-corrected chi connectivity index (χ0v) is 20.3. The van der Waals surface area contributed by atoms with E-state index in [4.69, 9.17) is 11.6 Å². The van der Waals surface area contributed by atoms with Crippen molar-refractivity contribution in [3.63, 3.8) is 0 Å². The first-order valence-corrected chi connectivity index (χ1v) is 12.9. The Morgan fingerprint density at radius 2 is 1.85 bits per heavy atom. The largest absolute Gasteiger partial charge is 0.417 e. The molecule has 0 bridgehead atoms. The second-order valence-corrected chi connectivity index (χ2v) is 10.9. The first kappa shape index (κ1) is 25.3. The molecular formula is C19H16ClF3N4O3S3. The number of carbonyl (C=O) groups excluding carboxylic acids is 1. The summed E-state index contributed by atoms with van der Waals surface area (Å²) in [5.74, 6) is -0.807. The Hall–Kier alpha value is -2.35. The Kier molecular flexibility index (Phi) is 7.56. The van der Waals surface area contributed by atoms with Crippen LogP contribution in [0.3, 0.4) is 0 Å². The molecule has 1 heterocycles. The van der Waals surface area contributed by atoms with Gasteiger partial charge in [-0.25, -0.2) is 8.42 Å². The lowest BCUT2D eigenvalue weighted by Gasteiger charge is -2.25. The van der Waals surface area contributed by atoms with Crippen LogP contribution in [0.4, 0.5) is 24.0 Å². The summed E-state index contributed by atoms with van der Waals surface area (Å²) in [5, 5.41) is 9.56. The lowest BCUT2D eigenvalue weighted by molar-refractivity contribution is -0.137. The lowest BCUT2D eigenvalue weighted by Crippen LogP contribution is -2.38. The topological polar surface area (TPSA) is 92.3 Å². The Labute approximate surface area is 201 Å². The first-order valence-electron chi connectivity index (χ1n) is 9.05. The molecule has 1 amide bonds. The van der Waals surface area contributed by atoms with Crippen molar-refractivity contribution in [1.29, 1.82) is 0 Å². The number of hydrogen-bond donors (Lipinski definition) is 1. The molecule has 7 nitrogen and oxygen atoms in total. The maximum absolute atomic E-state index is 13.4. The standard InChI is InChI=1S/C19H16ClF3N4O3S3/c1-11-3-6-13(7-4-11)33(29,30)27(10-16(28)24-17-25-26-18(31-2)32-17)12-5-8-15(20)14(9-12)19(21,22)23/h3-9H,10H2,1-2H3,(H,24,25,28). The monoisotopic (exact) mass is 536 g/mol. The number of halogens is 4. The van der Waals surface area contributed by atoms with Crippen LogP contribution in [0.25, 0.3) is 0 Å². The molecule has 3 rings (SSSR count). The second kappa shape index (κ2) is 9.87. The van der Waals surface area contributed by atoms with Gasteiger partial charge in [-0.05, 0) is 43.5 Å². The van der Waals surface area contributed by atoms with Gasteiger partial charge < -0.3 is 0 Å². The van der Waals surface area contributed by atoms with E-state index in [1.54, 1.807) is 25.3 Å². The highest BCUT2D eigenvalue weighted by molar-refractivity contribution is 8.00. The van der Waals surface area contributed by atoms with E-state index in [1.807, 2.05) is 0 Å². The van der Waals surface area contributed by atoms with Crippen molar-refractivity contribution in [3.8, 4) is 0 Å². The molecular weight excluding hydrogens is 521 g/mol. The highest BCUT2D eigenvalue weighted by atomic mass is 35.5.